The molecule has 0 amide bonds. The molecule has 0 aromatic carbocycles. The molecule has 220 valence electrons. The van der Waals surface area contributed by atoms with E-state index >= 15 is 0 Å². The molecule has 0 aromatic heterocycles. The Morgan fingerprint density at radius 2 is 1.79 bits per heavy atom. The van der Waals surface area contributed by atoms with Crippen LogP contribution in [0.1, 0.15) is 104 Å². The van der Waals surface area contributed by atoms with E-state index in [9.17, 15) is 14.4 Å². The van der Waals surface area contributed by atoms with Gasteiger partial charge in [0.05, 0.1) is 13.2 Å². The Labute approximate surface area is 235 Å². The van der Waals surface area contributed by atoms with Crippen molar-refractivity contribution < 1.29 is 33.3 Å². The van der Waals surface area contributed by atoms with Crippen molar-refractivity contribution in [2.24, 2.45) is 23.7 Å². The zero-order chi connectivity index (χ0) is 28.0. The Morgan fingerprint density at radius 3 is 2.46 bits per heavy atom. The zero-order valence-corrected chi connectivity index (χ0v) is 24.3. The van der Waals surface area contributed by atoms with E-state index in [1.54, 1.807) is 6.08 Å². The first kappa shape index (κ1) is 31.5. The van der Waals surface area contributed by atoms with Crippen molar-refractivity contribution in [1.29, 1.82) is 0 Å². The first-order valence-electron chi connectivity index (χ1n) is 15.3. The number of esters is 2. The molecule has 2 aliphatic carbocycles. The fourth-order valence-corrected chi connectivity index (χ4v) is 6.49. The van der Waals surface area contributed by atoms with Crippen LogP contribution in [0, 0.1) is 23.7 Å². The van der Waals surface area contributed by atoms with Gasteiger partial charge in [0.2, 0.25) is 0 Å². The molecule has 39 heavy (non-hydrogen) atoms. The molecule has 0 bridgehead atoms. The predicted octanol–water partition coefficient (Wildman–Crippen LogP) is 6.49. The van der Waals surface area contributed by atoms with E-state index in [0.717, 1.165) is 63.7 Å². The van der Waals surface area contributed by atoms with Crippen molar-refractivity contribution >= 4 is 17.7 Å². The van der Waals surface area contributed by atoms with Crippen LogP contribution in [0.15, 0.2) is 24.3 Å². The third kappa shape index (κ3) is 10.5. The molecule has 2 saturated carbocycles. The first-order valence-corrected chi connectivity index (χ1v) is 15.3. The molecule has 7 nitrogen and oxygen atoms in total. The van der Waals surface area contributed by atoms with Crippen molar-refractivity contribution in [3.8, 4) is 0 Å². The predicted molar refractivity (Wildman–Crippen MR) is 150 cm³/mol. The van der Waals surface area contributed by atoms with Crippen LogP contribution in [0.5, 0.6) is 0 Å². The second-order valence-electron chi connectivity index (χ2n) is 11.5. The number of methoxy groups -OCH3 is 1. The van der Waals surface area contributed by atoms with Crippen molar-refractivity contribution in [3.05, 3.63) is 24.3 Å². The SMILES string of the molecule is CCCC1CCC(C(=O)/C=C/[C@@H]2[C@@H](C/C=C\CCCC(=O)OC)[C@@H](OC(C)=O)C[C@H]2OC2CCCCO2)CC1. The Morgan fingerprint density at radius 1 is 1.00 bits per heavy atom. The van der Waals surface area contributed by atoms with Gasteiger partial charge >= 0.3 is 11.9 Å². The quantitative estimate of drug-likeness (QED) is 0.107. The molecule has 0 aromatic rings. The summed E-state index contributed by atoms with van der Waals surface area (Å²) in [6, 6.07) is 0. The maximum absolute atomic E-state index is 13.2. The van der Waals surface area contributed by atoms with Crippen molar-refractivity contribution in [3.63, 3.8) is 0 Å². The lowest BCUT2D eigenvalue weighted by Crippen LogP contribution is -2.31. The largest absolute Gasteiger partial charge is 0.469 e. The number of carbonyl (C=O) groups is 3. The van der Waals surface area contributed by atoms with Crippen LogP contribution in [-0.2, 0) is 33.3 Å². The number of carbonyl (C=O) groups excluding carboxylic acids is 3. The highest BCUT2D eigenvalue weighted by molar-refractivity contribution is 5.91. The van der Waals surface area contributed by atoms with E-state index in [2.05, 4.69) is 19.1 Å². The second kappa shape index (κ2) is 17.0. The summed E-state index contributed by atoms with van der Waals surface area (Å²) in [5.41, 5.74) is 0. The van der Waals surface area contributed by atoms with Crippen LogP contribution in [0.3, 0.4) is 0 Å². The molecule has 1 aliphatic heterocycles. The first-order chi connectivity index (χ1) is 18.9. The summed E-state index contributed by atoms with van der Waals surface area (Å²) < 4.78 is 22.8. The number of rotatable bonds is 14. The minimum Gasteiger partial charge on any atom is -0.469 e. The third-order valence-corrected chi connectivity index (χ3v) is 8.63. The summed E-state index contributed by atoms with van der Waals surface area (Å²) in [6.45, 7) is 4.37. The number of unbranched alkanes of at least 4 members (excludes halogenated alkanes) is 1. The lowest BCUT2D eigenvalue weighted by molar-refractivity contribution is -0.193. The highest BCUT2D eigenvalue weighted by atomic mass is 16.7. The van der Waals surface area contributed by atoms with Crippen molar-refractivity contribution in [1.82, 2.24) is 0 Å². The maximum atomic E-state index is 13.2. The van der Waals surface area contributed by atoms with Gasteiger partial charge in [0.25, 0.3) is 0 Å². The molecule has 3 aliphatic rings. The van der Waals surface area contributed by atoms with Gasteiger partial charge in [0.1, 0.15) is 6.10 Å². The van der Waals surface area contributed by atoms with Crippen LogP contribution in [0.4, 0.5) is 0 Å². The molecule has 1 unspecified atom stereocenters. The molecule has 0 radical (unpaired) electrons. The molecule has 7 heteroatoms. The summed E-state index contributed by atoms with van der Waals surface area (Å²) in [5.74, 6) is 0.528. The normalized spacial score (nSPS) is 31.5. The fourth-order valence-electron chi connectivity index (χ4n) is 6.49. The second-order valence-corrected chi connectivity index (χ2v) is 11.5. The van der Waals surface area contributed by atoms with E-state index in [-0.39, 0.29) is 54.0 Å². The molecule has 3 fully saturated rings. The summed E-state index contributed by atoms with van der Waals surface area (Å²) >= 11 is 0. The molecule has 0 spiro atoms. The molecule has 1 heterocycles. The standard InChI is InChI=1S/C32H50O7/c1-4-11-24-15-17-25(18-16-24)28(34)20-19-27-26(12-7-5-6-8-13-31(35)36-3)29(38-23(2)33)22-30(27)39-32-14-9-10-21-37-32/h5,7,19-20,24-27,29-30,32H,4,6,8-18,21-22H2,1-3H3/b7-5-,20-19+/t24?,25?,26-,27-,29+,30-,32?/m1/s1. The Balaban J connectivity index is 1.69. The number of hydrogen-bond donors (Lipinski definition) is 0. The van der Waals surface area contributed by atoms with Gasteiger partial charge in [-0.05, 0) is 76.2 Å². The van der Waals surface area contributed by atoms with Crippen LogP contribution in [-0.4, -0.2) is 49.9 Å². The van der Waals surface area contributed by atoms with Crippen molar-refractivity contribution in [2.45, 2.75) is 122 Å². The van der Waals surface area contributed by atoms with E-state index < -0.39 is 0 Å². The topological polar surface area (TPSA) is 88.1 Å². The Kier molecular flexibility index (Phi) is 13.7. The fraction of sp³-hybridized carbons (Fsp3) is 0.781. The average molecular weight is 547 g/mol. The molecule has 3 rings (SSSR count). The molecule has 1 saturated heterocycles. The molecular formula is C32H50O7. The molecule has 5 atom stereocenters. The van der Waals surface area contributed by atoms with Gasteiger partial charge in [0, 0.05) is 44.1 Å². The Hall–Kier alpha value is -1.99. The van der Waals surface area contributed by atoms with Gasteiger partial charge in [-0.3, -0.25) is 14.4 Å². The van der Waals surface area contributed by atoms with Gasteiger partial charge in [-0.25, -0.2) is 0 Å². The van der Waals surface area contributed by atoms with E-state index in [4.69, 9.17) is 18.9 Å². The number of ketones is 1. The highest BCUT2D eigenvalue weighted by Gasteiger charge is 2.45. The highest BCUT2D eigenvalue weighted by Crippen LogP contribution is 2.41. The van der Waals surface area contributed by atoms with Gasteiger partial charge in [-0.1, -0.05) is 38.0 Å². The molecular weight excluding hydrogens is 496 g/mol. The van der Waals surface area contributed by atoms with Crippen LogP contribution >= 0.6 is 0 Å². The van der Waals surface area contributed by atoms with E-state index in [1.807, 2.05) is 6.08 Å². The van der Waals surface area contributed by atoms with E-state index in [1.165, 1.54) is 26.9 Å². The number of ether oxygens (including phenoxy) is 4. The summed E-state index contributed by atoms with van der Waals surface area (Å²) in [7, 11) is 1.40. The van der Waals surface area contributed by atoms with Gasteiger partial charge in [-0.15, -0.1) is 0 Å². The van der Waals surface area contributed by atoms with E-state index in [0.29, 0.717) is 25.9 Å². The zero-order valence-electron chi connectivity index (χ0n) is 24.3. The third-order valence-electron chi connectivity index (χ3n) is 8.63. The maximum Gasteiger partial charge on any atom is 0.305 e. The van der Waals surface area contributed by atoms with Crippen LogP contribution in [0.25, 0.3) is 0 Å². The lowest BCUT2D eigenvalue weighted by atomic mass is 9.78. The summed E-state index contributed by atoms with van der Waals surface area (Å²) in [5, 5.41) is 0. The number of hydrogen-bond acceptors (Lipinski definition) is 7. The van der Waals surface area contributed by atoms with Crippen molar-refractivity contribution in [2.75, 3.05) is 13.7 Å². The average Bonchev–Trinajstić information content (AvgIpc) is 3.24. The van der Waals surface area contributed by atoms with Crippen LogP contribution in [0.2, 0.25) is 0 Å². The molecule has 0 N–H and O–H groups in total. The van der Waals surface area contributed by atoms with Crippen LogP contribution < -0.4 is 0 Å². The smallest absolute Gasteiger partial charge is 0.305 e. The number of allylic oxidation sites excluding steroid dienone is 3. The summed E-state index contributed by atoms with van der Waals surface area (Å²) in [6.07, 6.45) is 20.1. The summed E-state index contributed by atoms with van der Waals surface area (Å²) in [4.78, 5) is 36.6. The Bertz CT molecular complexity index is 820. The lowest BCUT2D eigenvalue weighted by Gasteiger charge is -2.29. The monoisotopic (exact) mass is 546 g/mol. The van der Waals surface area contributed by atoms with Gasteiger partial charge < -0.3 is 18.9 Å². The van der Waals surface area contributed by atoms with Gasteiger partial charge in [-0.2, -0.15) is 0 Å². The minimum atomic E-state index is -0.302. The van der Waals surface area contributed by atoms with Gasteiger partial charge in [0.15, 0.2) is 12.1 Å². The minimum absolute atomic E-state index is 0.00341.